The highest BCUT2D eigenvalue weighted by atomic mass is 35.5. The Bertz CT molecular complexity index is 454. The largest absolute Gasteiger partial charge is 0.493 e. The van der Waals surface area contributed by atoms with Crippen LogP contribution in [0.4, 0.5) is 13.2 Å². The normalized spacial score (nSPS) is 19.6. The number of rotatable bonds is 1. The van der Waals surface area contributed by atoms with Gasteiger partial charge in [-0.05, 0) is 30.4 Å². The van der Waals surface area contributed by atoms with Crippen molar-refractivity contribution in [2.24, 2.45) is 5.92 Å². The Hall–Kier alpha value is -0.900. The standard InChI is InChI=1S/C13H14ClF3O/c1-7(2)8-5-6-18-10-4-3-9(14)12(11(8)10)13(15,16)17/h3-4,7-8H,5-6H2,1-2H3. The van der Waals surface area contributed by atoms with Crippen molar-refractivity contribution >= 4 is 11.6 Å². The lowest BCUT2D eigenvalue weighted by Gasteiger charge is -2.31. The van der Waals surface area contributed by atoms with Crippen LogP contribution in [0.15, 0.2) is 12.1 Å². The van der Waals surface area contributed by atoms with E-state index < -0.39 is 11.7 Å². The first-order valence-corrected chi connectivity index (χ1v) is 6.22. The quantitative estimate of drug-likeness (QED) is 0.711. The summed E-state index contributed by atoms with van der Waals surface area (Å²) in [5, 5.41) is -0.252. The molecule has 0 fully saturated rings. The fourth-order valence-corrected chi connectivity index (χ4v) is 2.73. The third-order valence-electron chi connectivity index (χ3n) is 3.30. The summed E-state index contributed by atoms with van der Waals surface area (Å²) in [4.78, 5) is 0. The maximum atomic E-state index is 13.1. The van der Waals surface area contributed by atoms with Crippen molar-refractivity contribution in [1.29, 1.82) is 0 Å². The molecule has 1 atom stereocenters. The van der Waals surface area contributed by atoms with Crippen LogP contribution in [-0.2, 0) is 6.18 Å². The molecule has 1 aromatic rings. The second-order valence-corrected chi connectivity index (χ2v) is 5.23. The third-order valence-corrected chi connectivity index (χ3v) is 3.62. The highest BCUT2D eigenvalue weighted by molar-refractivity contribution is 6.31. The minimum atomic E-state index is -4.45. The van der Waals surface area contributed by atoms with Gasteiger partial charge in [0.25, 0.3) is 0 Å². The fourth-order valence-electron chi connectivity index (χ4n) is 2.46. The number of hydrogen-bond acceptors (Lipinski definition) is 1. The molecule has 5 heteroatoms. The molecule has 1 aliphatic heterocycles. The van der Waals surface area contributed by atoms with Crippen molar-refractivity contribution in [1.82, 2.24) is 0 Å². The van der Waals surface area contributed by atoms with Gasteiger partial charge in [0.2, 0.25) is 0 Å². The molecule has 0 saturated carbocycles. The van der Waals surface area contributed by atoms with Crippen LogP contribution in [0.1, 0.15) is 37.3 Å². The molecule has 0 radical (unpaired) electrons. The Morgan fingerprint density at radius 3 is 2.56 bits per heavy atom. The summed E-state index contributed by atoms with van der Waals surface area (Å²) in [5.41, 5.74) is -0.517. The molecule has 1 heterocycles. The van der Waals surface area contributed by atoms with Gasteiger partial charge in [0.15, 0.2) is 0 Å². The van der Waals surface area contributed by atoms with Crippen LogP contribution >= 0.6 is 11.6 Å². The molecule has 1 aromatic carbocycles. The monoisotopic (exact) mass is 278 g/mol. The summed E-state index contributed by atoms with van der Waals surface area (Å²) in [5.74, 6) is 0.271. The van der Waals surface area contributed by atoms with Gasteiger partial charge >= 0.3 is 6.18 Å². The maximum absolute atomic E-state index is 13.1. The SMILES string of the molecule is CC(C)C1CCOc2ccc(Cl)c(C(F)(F)F)c21. The van der Waals surface area contributed by atoms with Crippen molar-refractivity contribution in [2.75, 3.05) is 6.61 Å². The summed E-state index contributed by atoms with van der Waals surface area (Å²) in [6.07, 6.45) is -3.86. The molecule has 1 nitrogen and oxygen atoms in total. The van der Waals surface area contributed by atoms with Crippen molar-refractivity contribution in [3.8, 4) is 5.75 Å². The summed E-state index contributed by atoms with van der Waals surface area (Å²) in [6, 6.07) is 2.79. The molecule has 0 N–H and O–H groups in total. The highest BCUT2D eigenvalue weighted by Crippen LogP contribution is 2.48. The van der Waals surface area contributed by atoms with E-state index in [1.165, 1.54) is 12.1 Å². The molecular weight excluding hydrogens is 265 g/mol. The van der Waals surface area contributed by atoms with Crippen LogP contribution in [0.25, 0.3) is 0 Å². The van der Waals surface area contributed by atoms with Gasteiger partial charge in [0, 0.05) is 5.56 Å². The zero-order valence-electron chi connectivity index (χ0n) is 10.1. The maximum Gasteiger partial charge on any atom is 0.418 e. The van der Waals surface area contributed by atoms with Crippen LogP contribution in [0.5, 0.6) is 5.75 Å². The van der Waals surface area contributed by atoms with E-state index in [0.29, 0.717) is 18.8 Å². The van der Waals surface area contributed by atoms with Gasteiger partial charge < -0.3 is 4.74 Å². The smallest absolute Gasteiger partial charge is 0.418 e. The minimum Gasteiger partial charge on any atom is -0.493 e. The van der Waals surface area contributed by atoms with E-state index in [0.717, 1.165) is 0 Å². The Balaban J connectivity index is 2.66. The van der Waals surface area contributed by atoms with E-state index in [9.17, 15) is 13.2 Å². The third kappa shape index (κ3) is 2.30. The molecule has 0 aliphatic carbocycles. The van der Waals surface area contributed by atoms with E-state index in [1.807, 2.05) is 13.8 Å². The van der Waals surface area contributed by atoms with E-state index >= 15 is 0 Å². The molecular formula is C13H14ClF3O. The molecule has 1 unspecified atom stereocenters. The van der Waals surface area contributed by atoms with Crippen LogP contribution in [-0.4, -0.2) is 6.61 Å². The highest BCUT2D eigenvalue weighted by Gasteiger charge is 2.41. The number of benzene rings is 1. The van der Waals surface area contributed by atoms with Crippen LogP contribution in [0.2, 0.25) is 5.02 Å². The molecule has 0 aromatic heterocycles. The van der Waals surface area contributed by atoms with Gasteiger partial charge in [-0.15, -0.1) is 0 Å². The topological polar surface area (TPSA) is 9.23 Å². The number of halogens is 4. The molecule has 0 bridgehead atoms. The minimum absolute atomic E-state index is 0.118. The zero-order valence-corrected chi connectivity index (χ0v) is 10.9. The zero-order chi connectivity index (χ0) is 13.5. The lowest BCUT2D eigenvalue weighted by atomic mass is 9.81. The van der Waals surface area contributed by atoms with Gasteiger partial charge in [-0.3, -0.25) is 0 Å². The lowest BCUT2D eigenvalue weighted by molar-refractivity contribution is -0.138. The van der Waals surface area contributed by atoms with Gasteiger partial charge in [-0.1, -0.05) is 25.4 Å². The average molecular weight is 279 g/mol. The van der Waals surface area contributed by atoms with Crippen molar-refractivity contribution < 1.29 is 17.9 Å². The molecule has 0 spiro atoms. The van der Waals surface area contributed by atoms with Crippen LogP contribution in [0.3, 0.4) is 0 Å². The molecule has 0 amide bonds. The van der Waals surface area contributed by atoms with Crippen LogP contribution < -0.4 is 4.74 Å². The first kappa shape index (κ1) is 13.5. The van der Waals surface area contributed by atoms with Gasteiger partial charge in [-0.25, -0.2) is 0 Å². The van der Waals surface area contributed by atoms with Crippen molar-refractivity contribution in [2.45, 2.75) is 32.4 Å². The number of hydrogen-bond donors (Lipinski definition) is 0. The summed E-state index contributed by atoms with van der Waals surface area (Å²) in [7, 11) is 0. The van der Waals surface area contributed by atoms with E-state index in [4.69, 9.17) is 16.3 Å². The molecule has 1 aliphatic rings. The van der Waals surface area contributed by atoms with E-state index in [-0.39, 0.29) is 22.4 Å². The average Bonchev–Trinajstić information content (AvgIpc) is 2.25. The molecule has 18 heavy (non-hydrogen) atoms. The Morgan fingerprint density at radius 1 is 1.33 bits per heavy atom. The Labute approximate surface area is 109 Å². The fraction of sp³-hybridized carbons (Fsp3) is 0.538. The van der Waals surface area contributed by atoms with Gasteiger partial charge in [0.1, 0.15) is 5.75 Å². The second-order valence-electron chi connectivity index (χ2n) is 4.82. The van der Waals surface area contributed by atoms with Crippen molar-refractivity contribution in [3.05, 3.63) is 28.3 Å². The molecule has 2 rings (SSSR count). The predicted octanol–water partition coefficient (Wildman–Crippen LogP) is 4.88. The first-order valence-electron chi connectivity index (χ1n) is 5.84. The number of fused-ring (bicyclic) bond motifs is 1. The predicted molar refractivity (Wildman–Crippen MR) is 64.1 cm³/mol. The van der Waals surface area contributed by atoms with Crippen LogP contribution in [0, 0.1) is 5.92 Å². The van der Waals surface area contributed by atoms with Gasteiger partial charge in [-0.2, -0.15) is 13.2 Å². The summed E-state index contributed by atoms with van der Waals surface area (Å²) >= 11 is 5.74. The van der Waals surface area contributed by atoms with Crippen molar-refractivity contribution in [3.63, 3.8) is 0 Å². The lowest BCUT2D eigenvalue weighted by Crippen LogP contribution is -2.23. The Kier molecular flexibility index (Phi) is 3.49. The van der Waals surface area contributed by atoms with E-state index in [1.54, 1.807) is 0 Å². The molecule has 100 valence electrons. The van der Waals surface area contributed by atoms with E-state index in [2.05, 4.69) is 0 Å². The second kappa shape index (κ2) is 4.65. The Morgan fingerprint density at radius 2 is 2.00 bits per heavy atom. The first-order chi connectivity index (χ1) is 8.32. The number of ether oxygens (including phenoxy) is 1. The summed E-state index contributed by atoms with van der Waals surface area (Å²) in [6.45, 7) is 4.29. The summed E-state index contributed by atoms with van der Waals surface area (Å²) < 4.78 is 44.7. The molecule has 0 saturated heterocycles. The number of alkyl halides is 3. The van der Waals surface area contributed by atoms with Gasteiger partial charge in [0.05, 0.1) is 17.2 Å².